The third-order valence-electron chi connectivity index (χ3n) is 5.71. The zero-order valence-electron chi connectivity index (χ0n) is 19.3. The molecule has 33 heavy (non-hydrogen) atoms. The molecular weight excluding hydrogens is 438 g/mol. The van der Waals surface area contributed by atoms with E-state index in [1.807, 2.05) is 24.3 Å². The highest BCUT2D eigenvalue weighted by molar-refractivity contribution is 7.19. The van der Waals surface area contributed by atoms with Gasteiger partial charge in [-0.25, -0.2) is 14.8 Å². The number of esters is 1. The predicted octanol–water partition coefficient (Wildman–Crippen LogP) is 5.05. The van der Waals surface area contributed by atoms with E-state index in [-0.39, 0.29) is 19.2 Å². The van der Waals surface area contributed by atoms with Crippen molar-refractivity contribution in [1.82, 2.24) is 9.97 Å². The molecule has 3 aromatic rings. The molecule has 1 aromatic carbocycles. The Bertz CT molecular complexity index is 1100. The van der Waals surface area contributed by atoms with Crippen LogP contribution in [-0.4, -0.2) is 36.3 Å². The van der Waals surface area contributed by atoms with Gasteiger partial charge in [0.1, 0.15) is 29.6 Å². The van der Waals surface area contributed by atoms with Gasteiger partial charge in [-0.05, 0) is 43.7 Å². The molecule has 0 aliphatic heterocycles. The van der Waals surface area contributed by atoms with Crippen molar-refractivity contribution >= 4 is 33.3 Å². The quantitative estimate of drug-likeness (QED) is 0.311. The highest BCUT2D eigenvalue weighted by atomic mass is 32.1. The number of anilines is 1. The number of thiophene rings is 1. The van der Waals surface area contributed by atoms with E-state index in [1.54, 1.807) is 18.4 Å². The Hall–Kier alpha value is -2.71. The van der Waals surface area contributed by atoms with E-state index in [9.17, 15) is 4.79 Å². The summed E-state index contributed by atoms with van der Waals surface area (Å²) in [6, 6.07) is 7.96. The van der Waals surface area contributed by atoms with Crippen LogP contribution in [-0.2, 0) is 40.3 Å². The molecule has 0 saturated carbocycles. The summed E-state index contributed by atoms with van der Waals surface area (Å²) in [5.74, 6) is 1.86. The Morgan fingerprint density at radius 1 is 1.18 bits per heavy atom. The molecule has 2 aromatic heterocycles. The summed E-state index contributed by atoms with van der Waals surface area (Å²) in [6.45, 7) is 3.13. The van der Waals surface area contributed by atoms with Gasteiger partial charge in [-0.3, -0.25) is 0 Å². The number of hydrogen-bond acceptors (Lipinski definition) is 8. The molecule has 8 heteroatoms. The SMILES string of the molecule is CCCCOC(=O)COCc1nc(NCc2ccccc2OC)c2c3c(sc2n1)CCCC3. The fraction of sp³-hybridized carbons (Fsp3) is 0.480. The second-order valence-electron chi connectivity index (χ2n) is 8.11. The minimum atomic E-state index is -0.356. The van der Waals surface area contributed by atoms with Gasteiger partial charge in [-0.1, -0.05) is 31.5 Å². The first-order chi connectivity index (χ1) is 16.2. The summed E-state index contributed by atoms with van der Waals surface area (Å²) in [7, 11) is 1.68. The minimum Gasteiger partial charge on any atom is -0.496 e. The maximum absolute atomic E-state index is 11.8. The number of benzene rings is 1. The highest BCUT2D eigenvalue weighted by Gasteiger charge is 2.21. The molecule has 7 nitrogen and oxygen atoms in total. The molecule has 1 aliphatic carbocycles. The Kier molecular flexibility index (Phi) is 8.12. The number of nitrogens with zero attached hydrogens (tertiary/aromatic N) is 2. The van der Waals surface area contributed by atoms with Crippen molar-refractivity contribution < 1.29 is 19.0 Å². The van der Waals surface area contributed by atoms with Gasteiger partial charge in [0.15, 0.2) is 5.82 Å². The van der Waals surface area contributed by atoms with Crippen LogP contribution in [0.5, 0.6) is 5.75 Å². The molecule has 0 spiro atoms. The van der Waals surface area contributed by atoms with E-state index in [2.05, 4.69) is 12.2 Å². The summed E-state index contributed by atoms with van der Waals surface area (Å²) in [5.41, 5.74) is 2.43. The average molecular weight is 470 g/mol. The molecule has 2 heterocycles. The zero-order valence-corrected chi connectivity index (χ0v) is 20.1. The topological polar surface area (TPSA) is 82.6 Å². The first-order valence-electron chi connectivity index (χ1n) is 11.6. The fourth-order valence-corrected chi connectivity index (χ4v) is 5.30. The number of methoxy groups -OCH3 is 1. The van der Waals surface area contributed by atoms with Crippen LogP contribution in [0.4, 0.5) is 5.82 Å². The second-order valence-corrected chi connectivity index (χ2v) is 9.20. The minimum absolute atomic E-state index is 0.101. The normalized spacial score (nSPS) is 13.0. The molecule has 0 atom stereocenters. The average Bonchev–Trinajstić information content (AvgIpc) is 3.21. The van der Waals surface area contributed by atoms with E-state index < -0.39 is 0 Å². The van der Waals surface area contributed by atoms with Gasteiger partial charge in [0.2, 0.25) is 0 Å². The van der Waals surface area contributed by atoms with Crippen LogP contribution in [0.15, 0.2) is 24.3 Å². The number of hydrogen-bond donors (Lipinski definition) is 1. The lowest BCUT2D eigenvalue weighted by Gasteiger charge is -2.14. The summed E-state index contributed by atoms with van der Waals surface area (Å²) >= 11 is 1.75. The molecule has 0 fully saturated rings. The number of fused-ring (bicyclic) bond motifs is 3. The van der Waals surface area contributed by atoms with Crippen molar-refractivity contribution in [2.45, 2.75) is 58.6 Å². The molecule has 0 radical (unpaired) electrons. The van der Waals surface area contributed by atoms with Gasteiger partial charge in [-0.15, -0.1) is 11.3 Å². The van der Waals surface area contributed by atoms with Crippen molar-refractivity contribution in [3.8, 4) is 5.75 Å². The maximum atomic E-state index is 11.8. The molecule has 0 unspecified atom stereocenters. The summed E-state index contributed by atoms with van der Waals surface area (Å²) < 4.78 is 16.2. The molecule has 4 rings (SSSR count). The van der Waals surface area contributed by atoms with Gasteiger partial charge >= 0.3 is 5.97 Å². The first kappa shape index (κ1) is 23.4. The van der Waals surface area contributed by atoms with Crippen molar-refractivity contribution in [3.05, 3.63) is 46.1 Å². The molecule has 176 valence electrons. The number of carbonyl (C=O) groups excluding carboxylic acids is 1. The smallest absolute Gasteiger partial charge is 0.332 e. The Morgan fingerprint density at radius 2 is 2.03 bits per heavy atom. The monoisotopic (exact) mass is 469 g/mol. The third kappa shape index (κ3) is 5.81. The first-order valence-corrected chi connectivity index (χ1v) is 12.4. The van der Waals surface area contributed by atoms with E-state index >= 15 is 0 Å². The maximum Gasteiger partial charge on any atom is 0.332 e. The lowest BCUT2D eigenvalue weighted by atomic mass is 9.97. The fourth-order valence-electron chi connectivity index (χ4n) is 4.02. The van der Waals surface area contributed by atoms with Gasteiger partial charge in [0.05, 0.1) is 19.1 Å². The van der Waals surface area contributed by atoms with E-state index in [0.29, 0.717) is 19.0 Å². The van der Waals surface area contributed by atoms with Crippen molar-refractivity contribution in [3.63, 3.8) is 0 Å². The lowest BCUT2D eigenvalue weighted by Crippen LogP contribution is -2.14. The molecule has 0 amide bonds. The standard InChI is InChI=1S/C25H31N3O4S/c1-3-4-13-32-22(29)16-31-15-21-27-24(26-14-17-9-5-7-11-19(17)30-2)23-18-10-6-8-12-20(18)33-25(23)28-21/h5,7,9,11H,3-4,6,8,10,12-16H2,1-2H3,(H,26,27,28). The molecular formula is C25H31N3O4S. The summed E-state index contributed by atoms with van der Waals surface area (Å²) in [6.07, 6.45) is 6.40. The largest absolute Gasteiger partial charge is 0.496 e. The second kappa shape index (κ2) is 11.4. The number of nitrogens with one attached hydrogen (secondary N) is 1. The van der Waals surface area contributed by atoms with Gasteiger partial charge < -0.3 is 19.5 Å². The third-order valence-corrected chi connectivity index (χ3v) is 6.90. The van der Waals surface area contributed by atoms with Crippen molar-refractivity contribution in [1.29, 1.82) is 0 Å². The van der Waals surface area contributed by atoms with Crippen LogP contribution >= 0.6 is 11.3 Å². The Labute approximate surface area is 198 Å². The zero-order chi connectivity index (χ0) is 23.0. The van der Waals surface area contributed by atoms with Crippen LogP contribution in [0.25, 0.3) is 10.2 Å². The number of unbranched alkanes of at least 4 members (excludes halogenated alkanes) is 1. The van der Waals surface area contributed by atoms with Gasteiger partial charge in [0.25, 0.3) is 0 Å². The van der Waals surface area contributed by atoms with E-state index in [1.165, 1.54) is 23.3 Å². The molecule has 0 saturated heterocycles. The van der Waals surface area contributed by atoms with Gasteiger partial charge in [-0.2, -0.15) is 0 Å². The number of aromatic nitrogens is 2. The lowest BCUT2D eigenvalue weighted by molar-refractivity contribution is -0.149. The van der Waals surface area contributed by atoms with Crippen LogP contribution in [0, 0.1) is 0 Å². The van der Waals surface area contributed by atoms with Crippen molar-refractivity contribution in [2.24, 2.45) is 0 Å². The van der Waals surface area contributed by atoms with Crippen LogP contribution in [0.3, 0.4) is 0 Å². The van der Waals surface area contributed by atoms with Crippen LogP contribution in [0.1, 0.15) is 54.4 Å². The van der Waals surface area contributed by atoms with Crippen LogP contribution < -0.4 is 10.1 Å². The number of carbonyl (C=O) groups is 1. The number of para-hydroxylation sites is 1. The van der Waals surface area contributed by atoms with Gasteiger partial charge in [0, 0.05) is 17.0 Å². The predicted molar refractivity (Wildman–Crippen MR) is 130 cm³/mol. The number of aryl methyl sites for hydroxylation is 2. The Balaban J connectivity index is 1.53. The molecule has 1 aliphatic rings. The van der Waals surface area contributed by atoms with E-state index in [0.717, 1.165) is 53.0 Å². The molecule has 1 N–H and O–H groups in total. The number of rotatable bonds is 11. The number of ether oxygens (including phenoxy) is 3. The van der Waals surface area contributed by atoms with Crippen LogP contribution in [0.2, 0.25) is 0 Å². The Morgan fingerprint density at radius 3 is 2.88 bits per heavy atom. The highest BCUT2D eigenvalue weighted by Crippen LogP contribution is 2.39. The van der Waals surface area contributed by atoms with Crippen molar-refractivity contribution in [2.75, 3.05) is 25.6 Å². The van der Waals surface area contributed by atoms with E-state index in [4.69, 9.17) is 24.2 Å². The summed E-state index contributed by atoms with van der Waals surface area (Å²) in [4.78, 5) is 23.8. The summed E-state index contributed by atoms with van der Waals surface area (Å²) in [5, 5.41) is 4.64. The molecule has 0 bridgehead atoms.